The zero-order valence-corrected chi connectivity index (χ0v) is 17.6. The number of amides is 4. The second kappa shape index (κ2) is 8.16. The molecule has 3 fully saturated rings. The van der Waals surface area contributed by atoms with E-state index >= 15 is 0 Å². The van der Waals surface area contributed by atoms with E-state index in [0.29, 0.717) is 23.2 Å². The summed E-state index contributed by atoms with van der Waals surface area (Å²) in [5.74, 6) is -1.84. The molecule has 0 radical (unpaired) electrons. The van der Waals surface area contributed by atoms with Crippen molar-refractivity contribution in [1.82, 2.24) is 20.4 Å². The van der Waals surface area contributed by atoms with E-state index in [1.54, 1.807) is 6.07 Å². The van der Waals surface area contributed by atoms with E-state index in [1.165, 1.54) is 32.1 Å². The molecule has 0 spiro atoms. The number of rotatable bonds is 4. The van der Waals surface area contributed by atoms with Gasteiger partial charge in [0.15, 0.2) is 0 Å². The number of hydrogen-bond donors (Lipinski definition) is 2. The van der Waals surface area contributed by atoms with Crippen LogP contribution in [0, 0.1) is 0 Å². The molecule has 3 atom stereocenters. The maximum atomic E-state index is 13.1. The average molecular weight is 425 g/mol. The van der Waals surface area contributed by atoms with Crippen LogP contribution in [0.5, 0.6) is 0 Å². The number of carbonyl (C=O) groups is 4. The van der Waals surface area contributed by atoms with E-state index in [4.69, 9.17) is 0 Å². The Balaban J connectivity index is 1.33. The van der Waals surface area contributed by atoms with Crippen LogP contribution in [-0.2, 0) is 16.1 Å². The molecule has 4 amide bonds. The van der Waals surface area contributed by atoms with Gasteiger partial charge in [0.1, 0.15) is 6.04 Å². The topological polar surface area (TPSA) is 98.8 Å². The van der Waals surface area contributed by atoms with E-state index in [9.17, 15) is 19.2 Å². The highest BCUT2D eigenvalue weighted by atomic mass is 16.2. The van der Waals surface area contributed by atoms with Crippen molar-refractivity contribution in [2.75, 3.05) is 13.1 Å². The smallest absolute Gasteiger partial charge is 0.262 e. The van der Waals surface area contributed by atoms with E-state index in [-0.39, 0.29) is 18.7 Å². The molecular weight excluding hydrogens is 396 g/mol. The van der Waals surface area contributed by atoms with Gasteiger partial charge in [0.2, 0.25) is 11.8 Å². The maximum absolute atomic E-state index is 13.1. The summed E-state index contributed by atoms with van der Waals surface area (Å²) < 4.78 is 0. The third-order valence-corrected chi connectivity index (χ3v) is 7.12. The van der Waals surface area contributed by atoms with Crippen molar-refractivity contribution in [3.63, 3.8) is 0 Å². The number of hydrogen-bond acceptors (Lipinski definition) is 6. The Hall–Kier alpha value is -2.58. The largest absolute Gasteiger partial charge is 0.312 e. The van der Waals surface area contributed by atoms with Gasteiger partial charge in [-0.1, -0.05) is 12.5 Å². The Morgan fingerprint density at radius 3 is 2.55 bits per heavy atom. The summed E-state index contributed by atoms with van der Waals surface area (Å²) in [4.78, 5) is 53.1. The summed E-state index contributed by atoms with van der Waals surface area (Å²) in [6, 6.07) is 5.55. The third kappa shape index (κ3) is 3.68. The van der Waals surface area contributed by atoms with Crippen molar-refractivity contribution < 1.29 is 19.2 Å². The predicted octanol–water partition coefficient (Wildman–Crippen LogP) is 1.19. The van der Waals surface area contributed by atoms with Gasteiger partial charge in [-0.3, -0.25) is 34.3 Å². The fourth-order valence-corrected chi connectivity index (χ4v) is 5.56. The van der Waals surface area contributed by atoms with Crippen LogP contribution in [0.25, 0.3) is 0 Å². The molecule has 164 valence electrons. The molecule has 2 N–H and O–H groups in total. The van der Waals surface area contributed by atoms with Crippen LogP contribution in [0.4, 0.5) is 0 Å². The van der Waals surface area contributed by atoms with Gasteiger partial charge in [-0.15, -0.1) is 0 Å². The molecule has 3 unspecified atom stereocenters. The van der Waals surface area contributed by atoms with Crippen molar-refractivity contribution >= 4 is 23.6 Å². The Morgan fingerprint density at radius 2 is 1.77 bits per heavy atom. The Kier molecular flexibility index (Phi) is 5.35. The molecule has 0 bridgehead atoms. The van der Waals surface area contributed by atoms with Crippen LogP contribution in [0.15, 0.2) is 18.2 Å². The highest BCUT2D eigenvalue weighted by Gasteiger charge is 2.44. The number of benzene rings is 1. The van der Waals surface area contributed by atoms with Crippen molar-refractivity contribution in [1.29, 1.82) is 0 Å². The summed E-state index contributed by atoms with van der Waals surface area (Å²) in [6.45, 7) is 2.87. The van der Waals surface area contributed by atoms with Crippen LogP contribution in [0.1, 0.15) is 71.2 Å². The molecule has 3 saturated heterocycles. The molecule has 31 heavy (non-hydrogen) atoms. The van der Waals surface area contributed by atoms with Gasteiger partial charge in [0.05, 0.1) is 11.1 Å². The minimum Gasteiger partial charge on any atom is -0.312 e. The number of carbonyl (C=O) groups excluding carboxylic acids is 4. The molecule has 8 nitrogen and oxygen atoms in total. The first kappa shape index (κ1) is 20.3. The highest BCUT2D eigenvalue weighted by Crippen LogP contribution is 2.30. The van der Waals surface area contributed by atoms with E-state index in [0.717, 1.165) is 30.1 Å². The van der Waals surface area contributed by atoms with Gasteiger partial charge in [0, 0.05) is 25.0 Å². The quantitative estimate of drug-likeness (QED) is 0.705. The molecule has 0 saturated carbocycles. The fraction of sp³-hybridized carbons (Fsp3) is 0.565. The first-order valence-electron chi connectivity index (χ1n) is 11.3. The lowest BCUT2D eigenvalue weighted by molar-refractivity contribution is -0.136. The Morgan fingerprint density at radius 1 is 0.935 bits per heavy atom. The van der Waals surface area contributed by atoms with Crippen molar-refractivity contribution in [3.8, 4) is 0 Å². The van der Waals surface area contributed by atoms with E-state index in [2.05, 4.69) is 15.5 Å². The normalized spacial score (nSPS) is 29.4. The van der Waals surface area contributed by atoms with Gasteiger partial charge in [-0.2, -0.15) is 0 Å². The monoisotopic (exact) mass is 424 g/mol. The number of nitrogens with zero attached hydrogens (tertiary/aromatic N) is 2. The minimum atomic E-state index is -0.922. The minimum absolute atomic E-state index is 0.126. The molecule has 4 aliphatic heterocycles. The first-order valence-corrected chi connectivity index (χ1v) is 11.3. The molecule has 8 heteroatoms. The molecule has 0 aliphatic carbocycles. The molecule has 1 aromatic carbocycles. The molecule has 4 heterocycles. The summed E-state index contributed by atoms with van der Waals surface area (Å²) >= 11 is 0. The Bertz CT molecular complexity index is 940. The summed E-state index contributed by atoms with van der Waals surface area (Å²) in [5, 5.41) is 5.90. The van der Waals surface area contributed by atoms with E-state index < -0.39 is 23.8 Å². The van der Waals surface area contributed by atoms with Crippen LogP contribution in [0.3, 0.4) is 0 Å². The number of likely N-dealkylation sites (tertiary alicyclic amines) is 1. The lowest BCUT2D eigenvalue weighted by Crippen LogP contribution is -2.54. The summed E-state index contributed by atoms with van der Waals surface area (Å²) in [6.07, 6.45) is 6.38. The first-order chi connectivity index (χ1) is 15.0. The van der Waals surface area contributed by atoms with Gasteiger partial charge in [-0.05, 0) is 62.9 Å². The second-order valence-corrected chi connectivity index (χ2v) is 9.06. The number of fused-ring (bicyclic) bond motifs is 1. The van der Waals surface area contributed by atoms with Crippen LogP contribution in [-0.4, -0.2) is 64.6 Å². The molecule has 1 aromatic rings. The SMILES string of the molecule is O=C1CCC(N2C(=O)c3ccc(CN4CCCC4C4CCCCN4)cc3C2=O)C(=O)N1. The Labute approximate surface area is 181 Å². The van der Waals surface area contributed by atoms with Crippen molar-refractivity contribution in [2.45, 2.75) is 69.6 Å². The van der Waals surface area contributed by atoms with E-state index in [1.807, 2.05) is 12.1 Å². The van der Waals surface area contributed by atoms with Crippen molar-refractivity contribution in [2.24, 2.45) is 0 Å². The zero-order chi connectivity index (χ0) is 21.5. The van der Waals surface area contributed by atoms with Crippen LogP contribution in [0.2, 0.25) is 0 Å². The lowest BCUT2D eigenvalue weighted by Gasteiger charge is -2.35. The summed E-state index contributed by atoms with van der Waals surface area (Å²) in [5.41, 5.74) is 1.71. The van der Waals surface area contributed by atoms with Gasteiger partial charge in [0.25, 0.3) is 11.8 Å². The second-order valence-electron chi connectivity index (χ2n) is 9.06. The fourth-order valence-electron chi connectivity index (χ4n) is 5.56. The standard InChI is InChI=1S/C23H28N4O4/c28-20-9-8-19(21(29)25-20)27-22(30)15-7-6-14(12-16(15)23(27)31)13-26-11-3-5-18(26)17-4-1-2-10-24-17/h6-7,12,17-19,24H,1-5,8-11,13H2,(H,25,28,29). The number of imide groups is 2. The number of nitrogens with one attached hydrogen (secondary N) is 2. The van der Waals surface area contributed by atoms with Crippen molar-refractivity contribution in [3.05, 3.63) is 34.9 Å². The predicted molar refractivity (Wildman–Crippen MR) is 112 cm³/mol. The molecule has 4 aliphatic rings. The molecule has 0 aromatic heterocycles. The molecular formula is C23H28N4O4. The zero-order valence-electron chi connectivity index (χ0n) is 17.6. The summed E-state index contributed by atoms with van der Waals surface area (Å²) in [7, 11) is 0. The molecule has 5 rings (SSSR count). The average Bonchev–Trinajstić information content (AvgIpc) is 3.32. The van der Waals surface area contributed by atoms with Gasteiger partial charge in [-0.25, -0.2) is 0 Å². The van der Waals surface area contributed by atoms with Gasteiger partial charge < -0.3 is 5.32 Å². The van der Waals surface area contributed by atoms with Gasteiger partial charge >= 0.3 is 0 Å². The van der Waals surface area contributed by atoms with Crippen LogP contribution >= 0.6 is 0 Å². The maximum Gasteiger partial charge on any atom is 0.262 e. The van der Waals surface area contributed by atoms with Crippen LogP contribution < -0.4 is 10.6 Å². The number of piperidine rings is 2. The third-order valence-electron chi connectivity index (χ3n) is 7.12. The lowest BCUT2D eigenvalue weighted by atomic mass is 9.96. The highest BCUT2D eigenvalue weighted by molar-refractivity contribution is 6.23.